The molecular weight excluding hydrogens is 304 g/mol. The third-order valence-corrected chi connectivity index (χ3v) is 6.85. The van der Waals surface area contributed by atoms with Gasteiger partial charge in [0.15, 0.2) is 0 Å². The Morgan fingerprint density at radius 1 is 1.22 bits per heavy atom. The monoisotopic (exact) mass is 322 g/mol. The molecule has 2 saturated carbocycles. The number of carbonyl (C=O) groups excluding carboxylic acids is 3. The molecule has 0 aromatic heterocycles. The quantitative estimate of drug-likeness (QED) is 0.370. The number of ether oxygens (including phenoxy) is 4. The molecule has 5 aliphatic rings. The van der Waals surface area contributed by atoms with Crippen LogP contribution in [0.2, 0.25) is 0 Å². The van der Waals surface area contributed by atoms with Gasteiger partial charge in [0.2, 0.25) is 11.6 Å². The second-order valence-corrected chi connectivity index (χ2v) is 7.95. The molecule has 3 aliphatic heterocycles. The summed E-state index contributed by atoms with van der Waals surface area (Å²) in [6.45, 7) is 5.53. The zero-order chi connectivity index (χ0) is 16.6. The minimum atomic E-state index is -1.21. The number of epoxide rings is 2. The van der Waals surface area contributed by atoms with Crippen LogP contribution in [0.5, 0.6) is 0 Å². The van der Waals surface area contributed by atoms with Crippen LogP contribution < -0.4 is 0 Å². The van der Waals surface area contributed by atoms with Gasteiger partial charge < -0.3 is 18.9 Å². The van der Waals surface area contributed by atoms with E-state index < -0.39 is 57.7 Å². The number of hydrogen-bond acceptors (Lipinski definition) is 7. The highest BCUT2D eigenvalue weighted by molar-refractivity contribution is 6.42. The molecule has 7 nitrogen and oxygen atoms in total. The van der Waals surface area contributed by atoms with Crippen LogP contribution in [0.1, 0.15) is 20.8 Å². The van der Waals surface area contributed by atoms with Crippen molar-refractivity contribution in [2.24, 2.45) is 17.3 Å². The van der Waals surface area contributed by atoms with E-state index in [1.807, 2.05) is 0 Å². The first-order valence-corrected chi connectivity index (χ1v) is 7.85. The van der Waals surface area contributed by atoms with Crippen LogP contribution >= 0.6 is 0 Å². The average Bonchev–Trinajstić information content (AvgIpc) is 3.36. The predicted octanol–water partition coefficient (Wildman–Crippen LogP) is -0.352. The molecule has 2 aliphatic carbocycles. The Balaban J connectivity index is 1.82. The molecular formula is C16H18O7. The molecule has 2 bridgehead atoms. The normalized spacial score (nSPS) is 57.2. The number of methoxy groups -OCH3 is 1. The largest absolute Gasteiger partial charge is 0.469 e. The lowest BCUT2D eigenvalue weighted by Crippen LogP contribution is -2.68. The fourth-order valence-corrected chi connectivity index (χ4v) is 5.75. The summed E-state index contributed by atoms with van der Waals surface area (Å²) < 4.78 is 22.7. The van der Waals surface area contributed by atoms with Gasteiger partial charge in [0.25, 0.3) is 0 Å². The zero-order valence-electron chi connectivity index (χ0n) is 13.4. The van der Waals surface area contributed by atoms with Gasteiger partial charge in [-0.1, -0.05) is 0 Å². The Hall–Kier alpha value is -1.31. The van der Waals surface area contributed by atoms with Crippen molar-refractivity contribution in [1.29, 1.82) is 0 Å². The van der Waals surface area contributed by atoms with Crippen molar-refractivity contribution in [3.8, 4) is 0 Å². The number of rotatable bonds is 1. The summed E-state index contributed by atoms with van der Waals surface area (Å²) in [7, 11) is 1.28. The van der Waals surface area contributed by atoms with Crippen molar-refractivity contribution in [3.63, 3.8) is 0 Å². The maximum atomic E-state index is 13.0. The molecule has 0 aromatic rings. The van der Waals surface area contributed by atoms with Crippen molar-refractivity contribution < 1.29 is 33.3 Å². The third kappa shape index (κ3) is 1.08. The van der Waals surface area contributed by atoms with Crippen LogP contribution in [-0.4, -0.2) is 60.3 Å². The molecule has 0 radical (unpaired) electrons. The number of ketones is 2. The van der Waals surface area contributed by atoms with E-state index in [4.69, 9.17) is 18.9 Å². The maximum absolute atomic E-state index is 13.0. The highest BCUT2D eigenvalue weighted by Crippen LogP contribution is 2.77. The SMILES string of the molecule is COC(=O)C1C2C(=O)C(=O)C3(C)C4(CO4)C4OC4C13OC2(C)C. The lowest BCUT2D eigenvalue weighted by atomic mass is 9.53. The van der Waals surface area contributed by atoms with Crippen LogP contribution in [0.25, 0.3) is 0 Å². The van der Waals surface area contributed by atoms with Crippen molar-refractivity contribution in [3.05, 3.63) is 0 Å². The van der Waals surface area contributed by atoms with Crippen molar-refractivity contribution in [2.75, 3.05) is 13.7 Å². The lowest BCUT2D eigenvalue weighted by Gasteiger charge is -2.47. The summed E-state index contributed by atoms with van der Waals surface area (Å²) >= 11 is 0. The topological polar surface area (TPSA) is 94.7 Å². The predicted molar refractivity (Wildman–Crippen MR) is 72.4 cm³/mol. The summed E-state index contributed by atoms with van der Waals surface area (Å²) in [5.74, 6) is -3.29. The molecule has 23 heavy (non-hydrogen) atoms. The summed E-state index contributed by atoms with van der Waals surface area (Å²) in [4.78, 5) is 38.5. The maximum Gasteiger partial charge on any atom is 0.312 e. The Morgan fingerprint density at radius 2 is 1.87 bits per heavy atom. The van der Waals surface area contributed by atoms with E-state index in [9.17, 15) is 14.4 Å². The van der Waals surface area contributed by atoms with Gasteiger partial charge in [-0.3, -0.25) is 14.4 Å². The Morgan fingerprint density at radius 3 is 2.43 bits per heavy atom. The van der Waals surface area contributed by atoms with Crippen LogP contribution in [-0.2, 0) is 33.3 Å². The molecule has 5 fully saturated rings. The van der Waals surface area contributed by atoms with Gasteiger partial charge in [-0.25, -0.2) is 0 Å². The molecule has 0 N–H and O–H groups in total. The second-order valence-electron chi connectivity index (χ2n) is 7.95. The molecule has 124 valence electrons. The van der Waals surface area contributed by atoms with Gasteiger partial charge in [0.1, 0.15) is 34.7 Å². The zero-order valence-corrected chi connectivity index (χ0v) is 13.4. The van der Waals surface area contributed by atoms with Crippen molar-refractivity contribution >= 4 is 17.5 Å². The molecule has 3 saturated heterocycles. The Labute approximate surface area is 132 Å². The smallest absolute Gasteiger partial charge is 0.312 e. The standard InChI is InChI=1S/C16H18O7/c1-13(2)6-7(12(19)20-4)16(23-13)11-10(22-11)15(5-21-15)14(16,3)9(18)8(6)17/h6-7,10-11H,5H2,1-4H3. The number of esters is 1. The summed E-state index contributed by atoms with van der Waals surface area (Å²) in [6, 6.07) is 0. The second kappa shape index (κ2) is 3.38. The van der Waals surface area contributed by atoms with E-state index in [1.54, 1.807) is 20.8 Å². The van der Waals surface area contributed by atoms with Crippen molar-refractivity contribution in [2.45, 2.75) is 49.8 Å². The van der Waals surface area contributed by atoms with E-state index >= 15 is 0 Å². The fourth-order valence-electron chi connectivity index (χ4n) is 5.75. The van der Waals surface area contributed by atoms with E-state index in [2.05, 4.69) is 0 Å². The molecule has 0 aromatic carbocycles. The number of hydrogen-bond donors (Lipinski definition) is 0. The van der Waals surface area contributed by atoms with Gasteiger partial charge in [-0.15, -0.1) is 0 Å². The van der Waals surface area contributed by atoms with E-state index in [0.717, 1.165) is 0 Å². The summed E-state index contributed by atoms with van der Waals surface area (Å²) in [5.41, 5.74) is -4.20. The minimum Gasteiger partial charge on any atom is -0.469 e. The first kappa shape index (κ1) is 14.1. The lowest BCUT2D eigenvalue weighted by molar-refractivity contribution is -0.200. The first-order chi connectivity index (χ1) is 10.7. The van der Waals surface area contributed by atoms with Gasteiger partial charge in [-0.2, -0.15) is 0 Å². The first-order valence-electron chi connectivity index (χ1n) is 7.85. The van der Waals surface area contributed by atoms with Crippen LogP contribution in [0.3, 0.4) is 0 Å². The van der Waals surface area contributed by atoms with E-state index in [-0.39, 0.29) is 6.10 Å². The van der Waals surface area contributed by atoms with Gasteiger partial charge in [0.05, 0.1) is 25.2 Å². The molecule has 0 amide bonds. The van der Waals surface area contributed by atoms with Crippen molar-refractivity contribution in [1.82, 2.24) is 0 Å². The van der Waals surface area contributed by atoms with E-state index in [1.165, 1.54) is 7.11 Å². The van der Waals surface area contributed by atoms with Gasteiger partial charge >= 0.3 is 5.97 Å². The molecule has 2 spiro atoms. The fraction of sp³-hybridized carbons (Fsp3) is 0.812. The number of carbonyl (C=O) groups is 3. The molecule has 7 unspecified atom stereocenters. The van der Waals surface area contributed by atoms with Crippen LogP contribution in [0.4, 0.5) is 0 Å². The number of Topliss-reactive ketones (excluding diaryl/α,β-unsaturated/α-hetero) is 2. The molecule has 7 atom stereocenters. The highest BCUT2D eigenvalue weighted by atomic mass is 16.7. The van der Waals surface area contributed by atoms with Crippen LogP contribution in [0, 0.1) is 17.3 Å². The number of fused-ring (bicyclic) bond motifs is 4. The highest BCUT2D eigenvalue weighted by Gasteiger charge is 2.97. The molecule has 5 rings (SSSR count). The minimum absolute atomic E-state index is 0.302. The molecule has 3 heterocycles. The Kier molecular flexibility index (Phi) is 2.07. The van der Waals surface area contributed by atoms with Crippen LogP contribution in [0.15, 0.2) is 0 Å². The summed E-state index contributed by atoms with van der Waals surface area (Å²) in [5, 5.41) is 0. The van der Waals surface area contributed by atoms with Gasteiger partial charge in [0, 0.05) is 0 Å². The van der Waals surface area contributed by atoms with E-state index in [0.29, 0.717) is 6.61 Å². The average molecular weight is 322 g/mol. The summed E-state index contributed by atoms with van der Waals surface area (Å²) in [6.07, 6.45) is -0.718. The third-order valence-electron chi connectivity index (χ3n) is 6.85. The van der Waals surface area contributed by atoms with Gasteiger partial charge in [-0.05, 0) is 20.8 Å². The molecule has 7 heteroatoms. The Bertz CT molecular complexity index is 693.